The van der Waals surface area contributed by atoms with E-state index < -0.39 is 11.4 Å². The summed E-state index contributed by atoms with van der Waals surface area (Å²) < 4.78 is 13.1. The van der Waals surface area contributed by atoms with E-state index in [1.807, 2.05) is 0 Å². The van der Waals surface area contributed by atoms with E-state index in [0.29, 0.717) is 12.1 Å². The molecule has 0 radical (unpaired) electrons. The van der Waals surface area contributed by atoms with E-state index in [-0.39, 0.29) is 17.0 Å². The molecule has 1 aromatic rings. The third-order valence-electron chi connectivity index (χ3n) is 3.50. The zero-order valence-corrected chi connectivity index (χ0v) is 11.7. The lowest BCUT2D eigenvalue weighted by Gasteiger charge is -2.33. The van der Waals surface area contributed by atoms with E-state index in [4.69, 9.17) is 11.6 Å². The third-order valence-corrected chi connectivity index (χ3v) is 3.79. The lowest BCUT2D eigenvalue weighted by atomic mass is 9.96. The fraction of sp³-hybridized carbons (Fsp3) is 0.500. The van der Waals surface area contributed by atoms with Gasteiger partial charge in [-0.1, -0.05) is 11.6 Å². The van der Waals surface area contributed by atoms with Gasteiger partial charge in [0.25, 0.3) is 5.91 Å². The molecule has 5 heteroatoms. The van der Waals surface area contributed by atoms with Gasteiger partial charge < -0.3 is 10.0 Å². The minimum Gasteiger partial charge on any atom is -0.388 e. The van der Waals surface area contributed by atoms with Crippen LogP contribution in [0.1, 0.15) is 37.0 Å². The van der Waals surface area contributed by atoms with Crippen molar-refractivity contribution in [3.05, 3.63) is 34.6 Å². The summed E-state index contributed by atoms with van der Waals surface area (Å²) in [6.45, 7) is 3.99. The van der Waals surface area contributed by atoms with Crippen molar-refractivity contribution < 1.29 is 14.3 Å². The van der Waals surface area contributed by atoms with Crippen molar-refractivity contribution in [3.8, 4) is 0 Å². The maximum atomic E-state index is 13.1. The van der Waals surface area contributed by atoms with Gasteiger partial charge in [0.05, 0.1) is 16.7 Å². The van der Waals surface area contributed by atoms with Crippen molar-refractivity contribution >= 4 is 17.5 Å². The first-order chi connectivity index (χ1) is 8.80. The van der Waals surface area contributed by atoms with Crippen LogP contribution in [0.3, 0.4) is 0 Å². The number of nitrogens with zero attached hydrogens (tertiary/aromatic N) is 1. The first-order valence-corrected chi connectivity index (χ1v) is 6.67. The first kappa shape index (κ1) is 14.3. The normalized spacial score (nSPS) is 19.8. The van der Waals surface area contributed by atoms with Gasteiger partial charge in [0.1, 0.15) is 5.82 Å². The molecule has 0 aliphatic carbocycles. The SMILES string of the molecule is CC(C)(O)[C@@H]1CCCN1C(=O)c1ccc(F)c(Cl)c1. The molecule has 0 unspecified atom stereocenters. The first-order valence-electron chi connectivity index (χ1n) is 6.29. The van der Waals surface area contributed by atoms with Crippen molar-refractivity contribution in [1.82, 2.24) is 4.90 Å². The molecule has 1 aliphatic rings. The number of amides is 1. The molecule has 1 heterocycles. The van der Waals surface area contributed by atoms with E-state index in [0.717, 1.165) is 12.8 Å². The van der Waals surface area contributed by atoms with Crippen LogP contribution in [0.2, 0.25) is 5.02 Å². The maximum Gasteiger partial charge on any atom is 0.254 e. The lowest BCUT2D eigenvalue weighted by Crippen LogP contribution is -2.48. The zero-order valence-electron chi connectivity index (χ0n) is 11.0. The van der Waals surface area contributed by atoms with Gasteiger partial charge in [0, 0.05) is 12.1 Å². The number of benzene rings is 1. The van der Waals surface area contributed by atoms with Gasteiger partial charge in [0.2, 0.25) is 0 Å². The van der Waals surface area contributed by atoms with E-state index >= 15 is 0 Å². The second-order valence-electron chi connectivity index (χ2n) is 5.44. The summed E-state index contributed by atoms with van der Waals surface area (Å²) in [7, 11) is 0. The van der Waals surface area contributed by atoms with Crippen LogP contribution in [0.15, 0.2) is 18.2 Å². The smallest absolute Gasteiger partial charge is 0.254 e. The molecule has 3 nitrogen and oxygen atoms in total. The average Bonchev–Trinajstić information content (AvgIpc) is 2.80. The molecular formula is C14H17ClFNO2. The Morgan fingerprint density at radius 2 is 2.21 bits per heavy atom. The fourth-order valence-electron chi connectivity index (χ4n) is 2.54. The Hall–Kier alpha value is -1.13. The van der Waals surface area contributed by atoms with Crippen molar-refractivity contribution in [3.63, 3.8) is 0 Å². The van der Waals surface area contributed by atoms with Gasteiger partial charge >= 0.3 is 0 Å². The number of rotatable bonds is 2. The Kier molecular flexibility index (Phi) is 3.83. The molecule has 19 heavy (non-hydrogen) atoms. The van der Waals surface area contributed by atoms with Crippen LogP contribution in [0.4, 0.5) is 4.39 Å². The molecule has 1 amide bonds. The zero-order chi connectivity index (χ0) is 14.2. The van der Waals surface area contributed by atoms with Crippen molar-refractivity contribution in [2.45, 2.75) is 38.3 Å². The Morgan fingerprint density at radius 1 is 1.53 bits per heavy atom. The van der Waals surface area contributed by atoms with Crippen molar-refractivity contribution in [2.24, 2.45) is 0 Å². The third kappa shape index (κ3) is 2.90. The van der Waals surface area contributed by atoms with Crippen LogP contribution < -0.4 is 0 Å². The number of carbonyl (C=O) groups excluding carboxylic acids is 1. The molecule has 1 saturated heterocycles. The monoisotopic (exact) mass is 285 g/mol. The number of aliphatic hydroxyl groups is 1. The largest absolute Gasteiger partial charge is 0.388 e. The minimum absolute atomic E-state index is 0.0649. The van der Waals surface area contributed by atoms with Gasteiger partial charge in [-0.3, -0.25) is 4.79 Å². The second kappa shape index (κ2) is 5.10. The highest BCUT2D eigenvalue weighted by molar-refractivity contribution is 6.31. The van der Waals surface area contributed by atoms with Crippen LogP contribution in [0.5, 0.6) is 0 Å². The summed E-state index contributed by atoms with van der Waals surface area (Å²) in [5.74, 6) is -0.759. The molecule has 0 bridgehead atoms. The standard InChI is InChI=1S/C14H17ClFNO2/c1-14(2,19)12-4-3-7-17(12)13(18)9-5-6-11(16)10(15)8-9/h5-6,8,12,19H,3-4,7H2,1-2H3/t12-/m0/s1. The van der Waals surface area contributed by atoms with Gasteiger partial charge in [0.15, 0.2) is 0 Å². The maximum absolute atomic E-state index is 13.1. The number of likely N-dealkylation sites (tertiary alicyclic amines) is 1. The molecule has 0 aromatic heterocycles. The highest BCUT2D eigenvalue weighted by Gasteiger charge is 2.38. The molecule has 104 valence electrons. The van der Waals surface area contributed by atoms with Crippen LogP contribution in [-0.2, 0) is 0 Å². The van der Waals surface area contributed by atoms with Gasteiger partial charge in [-0.15, -0.1) is 0 Å². The van der Waals surface area contributed by atoms with Gasteiger partial charge in [-0.05, 0) is 44.9 Å². The number of halogens is 2. The summed E-state index contributed by atoms with van der Waals surface area (Å²) in [6.07, 6.45) is 1.62. The van der Waals surface area contributed by atoms with Crippen LogP contribution in [-0.4, -0.2) is 34.1 Å². The predicted octanol–water partition coefficient (Wildman–Crippen LogP) is 2.85. The van der Waals surface area contributed by atoms with E-state index in [1.54, 1.807) is 18.7 Å². The quantitative estimate of drug-likeness (QED) is 0.908. The van der Waals surface area contributed by atoms with Gasteiger partial charge in [-0.25, -0.2) is 4.39 Å². The van der Waals surface area contributed by atoms with Crippen molar-refractivity contribution in [1.29, 1.82) is 0 Å². The Labute approximate surface area is 117 Å². The summed E-state index contributed by atoms with van der Waals surface area (Å²) >= 11 is 5.70. The highest BCUT2D eigenvalue weighted by Crippen LogP contribution is 2.28. The molecule has 1 fully saturated rings. The minimum atomic E-state index is -0.948. The molecule has 2 rings (SSSR count). The Balaban J connectivity index is 2.26. The molecule has 1 aromatic carbocycles. The number of hydrogen-bond acceptors (Lipinski definition) is 2. The topological polar surface area (TPSA) is 40.5 Å². The van der Waals surface area contributed by atoms with Crippen LogP contribution >= 0.6 is 11.6 Å². The number of hydrogen-bond donors (Lipinski definition) is 1. The summed E-state index contributed by atoms with van der Waals surface area (Å²) in [5, 5.41) is 10.0. The van der Waals surface area contributed by atoms with E-state index in [9.17, 15) is 14.3 Å². The number of carbonyl (C=O) groups is 1. The van der Waals surface area contributed by atoms with Crippen LogP contribution in [0.25, 0.3) is 0 Å². The Bertz CT molecular complexity index is 499. The Morgan fingerprint density at radius 3 is 2.79 bits per heavy atom. The lowest BCUT2D eigenvalue weighted by molar-refractivity contribution is 0.000333. The molecule has 0 saturated carbocycles. The summed E-state index contributed by atoms with van der Waals surface area (Å²) in [4.78, 5) is 14.0. The molecular weight excluding hydrogens is 269 g/mol. The van der Waals surface area contributed by atoms with Crippen LogP contribution in [0, 0.1) is 5.82 Å². The predicted molar refractivity (Wildman–Crippen MR) is 71.8 cm³/mol. The summed E-state index contributed by atoms with van der Waals surface area (Å²) in [5.41, 5.74) is -0.599. The molecule has 1 atom stereocenters. The van der Waals surface area contributed by atoms with Crippen molar-refractivity contribution in [2.75, 3.05) is 6.54 Å². The summed E-state index contributed by atoms with van der Waals surface area (Å²) in [6, 6.07) is 3.72. The fourth-order valence-corrected chi connectivity index (χ4v) is 2.72. The molecule has 0 spiro atoms. The van der Waals surface area contributed by atoms with E-state index in [1.165, 1.54) is 18.2 Å². The molecule has 1 aliphatic heterocycles. The average molecular weight is 286 g/mol. The van der Waals surface area contributed by atoms with Gasteiger partial charge in [-0.2, -0.15) is 0 Å². The molecule has 1 N–H and O–H groups in total. The van der Waals surface area contributed by atoms with E-state index in [2.05, 4.69) is 0 Å². The second-order valence-corrected chi connectivity index (χ2v) is 5.85. The highest BCUT2D eigenvalue weighted by atomic mass is 35.5.